The maximum atomic E-state index is 9.55. The summed E-state index contributed by atoms with van der Waals surface area (Å²) in [5.41, 5.74) is 1.39. The molecule has 0 aliphatic rings. The summed E-state index contributed by atoms with van der Waals surface area (Å²) in [5, 5.41) is 20.8. The molecule has 0 unspecified atom stereocenters. The highest BCUT2D eigenvalue weighted by Gasteiger charge is 2.08. The third-order valence-electron chi connectivity index (χ3n) is 2.18. The van der Waals surface area contributed by atoms with Crippen LogP contribution < -0.4 is 30.1 Å². The van der Waals surface area contributed by atoms with Crippen LogP contribution in [-0.4, -0.2) is 10.2 Å². The van der Waals surface area contributed by atoms with Crippen molar-refractivity contribution in [3.8, 4) is 11.5 Å². The number of rotatable bonds is 2. The summed E-state index contributed by atoms with van der Waals surface area (Å²) in [6.07, 6.45) is 0. The molecule has 3 nitrogen and oxygen atoms in total. The summed E-state index contributed by atoms with van der Waals surface area (Å²) in [5.74, 6) is 0.418. The van der Waals surface area contributed by atoms with Gasteiger partial charge in [-0.25, -0.2) is 0 Å². The molecule has 2 rings (SSSR count). The van der Waals surface area contributed by atoms with Gasteiger partial charge in [-0.05, 0) is 12.1 Å². The van der Waals surface area contributed by atoms with Gasteiger partial charge in [-0.15, -0.1) is 0 Å². The average molecular weight is 273 g/mol. The third kappa shape index (κ3) is 3.82. The van der Waals surface area contributed by atoms with E-state index < -0.39 is 0 Å². The van der Waals surface area contributed by atoms with Crippen LogP contribution >= 0.6 is 0 Å². The Kier molecular flexibility index (Phi) is 6.43. The van der Waals surface area contributed by atoms with Crippen LogP contribution in [0.1, 0.15) is 0 Å². The smallest absolute Gasteiger partial charge is 0.177 e. The third-order valence-corrected chi connectivity index (χ3v) is 2.18. The molecule has 0 heterocycles. The summed E-state index contributed by atoms with van der Waals surface area (Å²) in [6.45, 7) is 0. The molecule has 0 saturated carbocycles. The zero-order valence-corrected chi connectivity index (χ0v) is 10.4. The lowest BCUT2D eigenvalue weighted by molar-refractivity contribution is -0.480. The van der Waals surface area contributed by atoms with E-state index in [1.807, 2.05) is 12.1 Å². The highest BCUT2D eigenvalue weighted by molar-refractivity contribution is 5.50. The Hall–Kier alpha value is -1.42. The van der Waals surface area contributed by atoms with Crippen molar-refractivity contribution < 1.29 is 40.3 Å². The number of hydrogen-bond acceptors (Lipinski definition) is 2. The Bertz CT molecular complexity index is 434. The Morgan fingerprint density at radius 1 is 0.647 bits per heavy atom. The van der Waals surface area contributed by atoms with E-state index in [1.165, 1.54) is 0 Å². The molecule has 5 heteroatoms. The van der Waals surface area contributed by atoms with Crippen LogP contribution in [0.15, 0.2) is 48.5 Å². The number of hydrogen-bond donors (Lipinski definition) is 3. The molecule has 0 aromatic heterocycles. The predicted molar refractivity (Wildman–Crippen MR) is 57.5 cm³/mol. The van der Waals surface area contributed by atoms with Gasteiger partial charge < -0.3 is 35.0 Å². The zero-order chi connectivity index (χ0) is 10.7. The Morgan fingerprint density at radius 3 is 1.35 bits per heavy atom. The highest BCUT2D eigenvalue weighted by Crippen LogP contribution is 2.21. The fourth-order valence-electron chi connectivity index (χ4n) is 1.39. The molecule has 0 amide bonds. The molecule has 0 aliphatic heterocycles. The SMILES string of the molecule is Oc1ccccc1[NH2+]c1ccccc1O.[Cl-].[Cl-]. The first-order valence-electron chi connectivity index (χ1n) is 4.68. The molecule has 0 atom stereocenters. The lowest BCUT2D eigenvalue weighted by Gasteiger charge is -2.03. The summed E-state index contributed by atoms with van der Waals surface area (Å²) < 4.78 is 0. The first-order chi connectivity index (χ1) is 7.27. The van der Waals surface area contributed by atoms with Gasteiger partial charge in [0.25, 0.3) is 0 Å². The molecule has 0 saturated heterocycles. The van der Waals surface area contributed by atoms with Gasteiger partial charge in [-0.3, -0.25) is 5.32 Å². The van der Waals surface area contributed by atoms with Gasteiger partial charge in [0.05, 0.1) is 0 Å². The fourth-order valence-corrected chi connectivity index (χ4v) is 1.39. The molecule has 0 bridgehead atoms. The van der Waals surface area contributed by atoms with E-state index in [0.29, 0.717) is 11.4 Å². The number of phenols is 2. The quantitative estimate of drug-likeness (QED) is 0.382. The normalized spacial score (nSPS) is 8.94. The summed E-state index contributed by atoms with van der Waals surface area (Å²) in [6, 6.07) is 14.0. The van der Waals surface area contributed by atoms with Crippen molar-refractivity contribution in [1.82, 2.24) is 0 Å². The van der Waals surface area contributed by atoms with Gasteiger partial charge in [-0.2, -0.15) is 0 Å². The van der Waals surface area contributed by atoms with Crippen LogP contribution in [0.25, 0.3) is 0 Å². The van der Waals surface area contributed by atoms with Crippen LogP contribution in [0.3, 0.4) is 0 Å². The topological polar surface area (TPSA) is 57.1 Å². The summed E-state index contributed by atoms with van der Waals surface area (Å²) >= 11 is 0. The number of aromatic hydroxyl groups is 2. The monoisotopic (exact) mass is 272 g/mol. The second-order valence-corrected chi connectivity index (χ2v) is 3.26. The van der Waals surface area contributed by atoms with Crippen molar-refractivity contribution in [2.24, 2.45) is 0 Å². The minimum absolute atomic E-state index is 0. The minimum Gasteiger partial charge on any atom is -1.00 e. The molecular formula is C12H12Cl2NO2-. The van der Waals surface area contributed by atoms with Gasteiger partial charge in [-0.1, -0.05) is 24.3 Å². The fraction of sp³-hybridized carbons (Fsp3) is 0. The molecule has 0 spiro atoms. The van der Waals surface area contributed by atoms with E-state index in [1.54, 1.807) is 41.7 Å². The number of nitrogens with two attached hydrogens (primary N) is 1. The Balaban J connectivity index is 0.00000128. The Morgan fingerprint density at radius 2 is 1.00 bits per heavy atom. The first-order valence-corrected chi connectivity index (χ1v) is 4.68. The van der Waals surface area contributed by atoms with Crippen molar-refractivity contribution >= 4 is 11.4 Å². The standard InChI is InChI=1S/C12H11NO2.2ClH/c14-11-7-3-1-5-9(11)13-10-6-2-4-8-12(10)15;;/h1-8,13-15H;2*1H/p-1. The van der Waals surface area contributed by atoms with Gasteiger partial charge in [0.1, 0.15) is 0 Å². The van der Waals surface area contributed by atoms with E-state index in [-0.39, 0.29) is 36.3 Å². The number of benzene rings is 2. The van der Waals surface area contributed by atoms with E-state index in [2.05, 4.69) is 0 Å². The summed E-state index contributed by atoms with van der Waals surface area (Å²) in [4.78, 5) is 0. The minimum atomic E-state index is 0. The Labute approximate surface area is 112 Å². The van der Waals surface area contributed by atoms with Crippen LogP contribution in [0.4, 0.5) is 11.4 Å². The second kappa shape index (κ2) is 7.01. The van der Waals surface area contributed by atoms with Gasteiger partial charge in [0.15, 0.2) is 22.9 Å². The molecule has 92 valence electrons. The van der Waals surface area contributed by atoms with E-state index in [9.17, 15) is 10.2 Å². The van der Waals surface area contributed by atoms with Crippen LogP contribution in [0.5, 0.6) is 11.5 Å². The van der Waals surface area contributed by atoms with Crippen molar-refractivity contribution in [2.45, 2.75) is 0 Å². The molecule has 0 aliphatic carbocycles. The van der Waals surface area contributed by atoms with Gasteiger partial charge in [0.2, 0.25) is 0 Å². The van der Waals surface area contributed by atoms with Crippen LogP contribution in [0.2, 0.25) is 0 Å². The molecule has 4 N–H and O–H groups in total. The first kappa shape index (κ1) is 15.6. The van der Waals surface area contributed by atoms with Gasteiger partial charge in [0, 0.05) is 12.1 Å². The molecule has 2 aromatic rings. The number of quaternary nitrogens is 1. The average Bonchev–Trinajstić information content (AvgIpc) is 2.24. The number of para-hydroxylation sites is 4. The van der Waals surface area contributed by atoms with Crippen molar-refractivity contribution in [3.63, 3.8) is 0 Å². The molecule has 0 fully saturated rings. The highest BCUT2D eigenvalue weighted by atomic mass is 35.5. The largest absolute Gasteiger partial charge is 1.00 e. The lowest BCUT2D eigenvalue weighted by Crippen LogP contribution is -3.00. The van der Waals surface area contributed by atoms with Crippen LogP contribution in [0, 0.1) is 0 Å². The number of phenolic OH excluding ortho intramolecular Hbond substituents is 2. The van der Waals surface area contributed by atoms with E-state index in [4.69, 9.17) is 0 Å². The van der Waals surface area contributed by atoms with E-state index >= 15 is 0 Å². The van der Waals surface area contributed by atoms with Gasteiger partial charge >= 0.3 is 0 Å². The lowest BCUT2D eigenvalue weighted by atomic mass is 10.2. The van der Waals surface area contributed by atoms with Crippen molar-refractivity contribution in [2.75, 3.05) is 0 Å². The van der Waals surface area contributed by atoms with E-state index in [0.717, 1.165) is 0 Å². The predicted octanol–water partition coefficient (Wildman–Crippen LogP) is -4.37. The zero-order valence-electron chi connectivity index (χ0n) is 8.85. The van der Waals surface area contributed by atoms with Crippen molar-refractivity contribution in [3.05, 3.63) is 48.5 Å². The van der Waals surface area contributed by atoms with Crippen LogP contribution in [-0.2, 0) is 0 Å². The molecular weight excluding hydrogens is 261 g/mol. The molecule has 17 heavy (non-hydrogen) atoms. The molecule has 2 aromatic carbocycles. The maximum Gasteiger partial charge on any atom is 0.177 e. The van der Waals surface area contributed by atoms with Crippen molar-refractivity contribution in [1.29, 1.82) is 0 Å². The summed E-state index contributed by atoms with van der Waals surface area (Å²) in [7, 11) is 0. The number of halogens is 2. The second-order valence-electron chi connectivity index (χ2n) is 3.26. The maximum absolute atomic E-state index is 9.55. The molecule has 0 radical (unpaired) electrons.